The van der Waals surface area contributed by atoms with Gasteiger partial charge >= 0.3 is 5.97 Å². The molecule has 1 aromatic carbocycles. The van der Waals surface area contributed by atoms with Crippen LogP contribution in [-0.2, 0) is 21.2 Å². The molecule has 28 heavy (non-hydrogen) atoms. The molecule has 2 aromatic rings. The second-order valence-corrected chi connectivity index (χ2v) is 9.85. The van der Waals surface area contributed by atoms with E-state index in [1.807, 2.05) is 13.8 Å². The fourth-order valence-electron chi connectivity index (χ4n) is 3.29. The van der Waals surface area contributed by atoms with Crippen molar-refractivity contribution in [3.8, 4) is 0 Å². The number of nitrogens with zero attached hydrogens (tertiary/aromatic N) is 1. The van der Waals surface area contributed by atoms with E-state index in [-0.39, 0.29) is 5.91 Å². The fraction of sp³-hybridized carbons (Fsp3) is 0.368. The minimum Gasteiger partial charge on any atom is -0.465 e. The van der Waals surface area contributed by atoms with Gasteiger partial charge in [0.25, 0.3) is 5.91 Å². The van der Waals surface area contributed by atoms with Crippen LogP contribution in [0.25, 0.3) is 0 Å². The van der Waals surface area contributed by atoms with Crippen LogP contribution in [0.2, 0.25) is 0 Å². The molecule has 3 rings (SSSR count). The number of sulfonamides is 1. The van der Waals surface area contributed by atoms with E-state index in [9.17, 15) is 18.0 Å². The Hall–Kier alpha value is -2.39. The molecule has 0 saturated carbocycles. The van der Waals surface area contributed by atoms with Gasteiger partial charge in [-0.2, -0.15) is 0 Å². The van der Waals surface area contributed by atoms with Crippen LogP contribution >= 0.6 is 11.3 Å². The van der Waals surface area contributed by atoms with Gasteiger partial charge in [-0.05, 0) is 56.0 Å². The lowest BCUT2D eigenvalue weighted by Crippen LogP contribution is -2.34. The van der Waals surface area contributed by atoms with Crippen molar-refractivity contribution in [3.63, 3.8) is 0 Å². The predicted octanol–water partition coefficient (Wildman–Crippen LogP) is 3.12. The Morgan fingerprint density at radius 1 is 1.25 bits per heavy atom. The van der Waals surface area contributed by atoms with Gasteiger partial charge in [0.2, 0.25) is 10.0 Å². The number of carbonyl (C=O) groups excluding carboxylic acids is 2. The monoisotopic (exact) mass is 422 g/mol. The van der Waals surface area contributed by atoms with Gasteiger partial charge in [0.15, 0.2) is 0 Å². The molecule has 0 fully saturated rings. The number of benzene rings is 1. The molecule has 1 aromatic heterocycles. The molecule has 150 valence electrons. The number of fused-ring (bicyclic) bond motifs is 1. The van der Waals surface area contributed by atoms with Gasteiger partial charge in [-0.15, -0.1) is 11.3 Å². The fourth-order valence-corrected chi connectivity index (χ4v) is 5.33. The summed E-state index contributed by atoms with van der Waals surface area (Å²) in [5.74, 6) is -0.850. The normalized spacial score (nSPS) is 13.8. The minimum absolute atomic E-state index is 0.356. The first-order valence-corrected chi connectivity index (χ1v) is 11.4. The van der Waals surface area contributed by atoms with E-state index in [4.69, 9.17) is 4.74 Å². The van der Waals surface area contributed by atoms with E-state index in [1.165, 1.54) is 29.0 Å². The largest absolute Gasteiger partial charge is 0.465 e. The Labute approximate surface area is 168 Å². The maximum atomic E-state index is 12.8. The summed E-state index contributed by atoms with van der Waals surface area (Å²) in [5.41, 5.74) is 2.98. The van der Waals surface area contributed by atoms with E-state index < -0.39 is 16.0 Å². The number of nitrogens with one attached hydrogen (secondary N) is 1. The van der Waals surface area contributed by atoms with E-state index in [1.54, 1.807) is 18.2 Å². The van der Waals surface area contributed by atoms with Crippen LogP contribution < -0.4 is 9.62 Å². The number of thiophene rings is 1. The highest BCUT2D eigenvalue weighted by atomic mass is 32.2. The van der Waals surface area contributed by atoms with E-state index >= 15 is 0 Å². The molecule has 0 bridgehead atoms. The molecular weight excluding hydrogens is 400 g/mol. The average molecular weight is 423 g/mol. The van der Waals surface area contributed by atoms with Crippen molar-refractivity contribution in [1.82, 2.24) is 0 Å². The quantitative estimate of drug-likeness (QED) is 0.764. The lowest BCUT2D eigenvalue weighted by atomic mass is 10.0. The van der Waals surface area contributed by atoms with Crippen molar-refractivity contribution in [2.75, 3.05) is 29.5 Å². The number of anilines is 2. The number of amides is 1. The van der Waals surface area contributed by atoms with Gasteiger partial charge in [0.05, 0.1) is 24.6 Å². The SMILES string of the molecule is COC(=O)c1c(NC(=O)c2ccc3c(c2)CCCN3S(C)(=O)=O)sc(C)c1C. The molecular formula is C19H22N2O5S2. The zero-order valence-corrected chi connectivity index (χ0v) is 17.8. The number of hydrogen-bond donors (Lipinski definition) is 1. The lowest BCUT2D eigenvalue weighted by molar-refractivity contribution is 0.0601. The predicted molar refractivity (Wildman–Crippen MR) is 110 cm³/mol. The van der Waals surface area contributed by atoms with Gasteiger partial charge in [-0.1, -0.05) is 0 Å². The Morgan fingerprint density at radius 3 is 2.61 bits per heavy atom. The molecule has 1 aliphatic heterocycles. The molecule has 0 aliphatic carbocycles. The molecule has 0 unspecified atom stereocenters. The molecule has 1 aliphatic rings. The third-order valence-electron chi connectivity index (χ3n) is 4.82. The average Bonchev–Trinajstić information content (AvgIpc) is 2.92. The minimum atomic E-state index is -3.36. The second-order valence-electron chi connectivity index (χ2n) is 6.72. The Morgan fingerprint density at radius 2 is 1.96 bits per heavy atom. The van der Waals surface area contributed by atoms with E-state index in [0.29, 0.717) is 41.2 Å². The molecule has 1 amide bonds. The number of aryl methyl sites for hydroxylation is 2. The van der Waals surface area contributed by atoms with Crippen LogP contribution in [0.5, 0.6) is 0 Å². The van der Waals surface area contributed by atoms with Crippen LogP contribution in [0.1, 0.15) is 43.1 Å². The van der Waals surface area contributed by atoms with Crippen molar-refractivity contribution >= 4 is 43.9 Å². The topological polar surface area (TPSA) is 92.8 Å². The Balaban J connectivity index is 1.91. The zero-order valence-electron chi connectivity index (χ0n) is 16.2. The zero-order chi connectivity index (χ0) is 20.6. The van der Waals surface area contributed by atoms with Crippen molar-refractivity contribution < 1.29 is 22.7 Å². The highest BCUT2D eigenvalue weighted by molar-refractivity contribution is 7.92. The van der Waals surface area contributed by atoms with E-state index in [2.05, 4.69) is 5.32 Å². The van der Waals surface area contributed by atoms with Gasteiger partial charge in [-0.3, -0.25) is 9.10 Å². The molecule has 0 spiro atoms. The molecule has 7 nitrogen and oxygen atoms in total. The first kappa shape index (κ1) is 20.3. The molecule has 0 atom stereocenters. The first-order valence-electron chi connectivity index (χ1n) is 8.73. The summed E-state index contributed by atoms with van der Waals surface area (Å²) in [6, 6.07) is 4.98. The van der Waals surface area contributed by atoms with Gasteiger partial charge in [0.1, 0.15) is 5.00 Å². The lowest BCUT2D eigenvalue weighted by Gasteiger charge is -2.29. The first-order chi connectivity index (χ1) is 13.1. The van der Waals surface area contributed by atoms with Crippen LogP contribution in [0, 0.1) is 13.8 Å². The van der Waals surface area contributed by atoms with Crippen molar-refractivity contribution in [2.24, 2.45) is 0 Å². The molecule has 9 heteroatoms. The highest BCUT2D eigenvalue weighted by Crippen LogP contribution is 2.34. The number of methoxy groups -OCH3 is 1. The molecule has 1 N–H and O–H groups in total. The van der Waals surface area contributed by atoms with E-state index in [0.717, 1.165) is 16.0 Å². The van der Waals surface area contributed by atoms with Gasteiger partial charge in [0, 0.05) is 17.0 Å². The summed E-state index contributed by atoms with van der Waals surface area (Å²) in [7, 11) is -2.05. The highest BCUT2D eigenvalue weighted by Gasteiger charge is 2.26. The summed E-state index contributed by atoms with van der Waals surface area (Å²) in [6.07, 6.45) is 2.58. The maximum Gasteiger partial charge on any atom is 0.341 e. The third kappa shape index (κ3) is 3.77. The summed E-state index contributed by atoms with van der Waals surface area (Å²) < 4.78 is 30.2. The molecule has 0 saturated heterocycles. The second kappa shape index (κ2) is 7.56. The van der Waals surface area contributed by atoms with Gasteiger partial charge in [-0.25, -0.2) is 13.2 Å². The number of esters is 1. The van der Waals surface area contributed by atoms with Crippen LogP contribution in [0.3, 0.4) is 0 Å². The van der Waals surface area contributed by atoms with Crippen molar-refractivity contribution in [2.45, 2.75) is 26.7 Å². The smallest absolute Gasteiger partial charge is 0.341 e. The Bertz CT molecular complexity index is 1060. The van der Waals surface area contributed by atoms with Crippen LogP contribution in [-0.4, -0.2) is 40.2 Å². The summed E-state index contributed by atoms with van der Waals surface area (Å²) in [5, 5.41) is 3.25. The number of rotatable bonds is 4. The maximum absolute atomic E-state index is 12.8. The van der Waals surface area contributed by atoms with Crippen molar-refractivity contribution in [3.05, 3.63) is 45.3 Å². The van der Waals surface area contributed by atoms with Crippen LogP contribution in [0.4, 0.5) is 10.7 Å². The molecule has 2 heterocycles. The summed E-state index contributed by atoms with van der Waals surface area (Å²) >= 11 is 1.32. The third-order valence-corrected chi connectivity index (χ3v) is 7.12. The molecule has 0 radical (unpaired) electrons. The number of ether oxygens (including phenoxy) is 1. The van der Waals surface area contributed by atoms with Crippen molar-refractivity contribution in [1.29, 1.82) is 0 Å². The number of carbonyl (C=O) groups is 2. The van der Waals surface area contributed by atoms with Gasteiger partial charge < -0.3 is 10.1 Å². The summed E-state index contributed by atoms with van der Waals surface area (Å²) in [4.78, 5) is 25.8. The Kier molecular flexibility index (Phi) is 5.49. The standard InChI is InChI=1S/C19H22N2O5S2/c1-11-12(2)27-18(16(11)19(23)26-3)20-17(22)14-7-8-15-13(10-14)6-5-9-21(15)28(4,24)25/h7-8,10H,5-6,9H2,1-4H3,(H,20,22). The number of hydrogen-bond acceptors (Lipinski definition) is 6. The van der Waals surface area contributed by atoms with Crippen LogP contribution in [0.15, 0.2) is 18.2 Å². The summed E-state index contributed by atoms with van der Waals surface area (Å²) in [6.45, 7) is 4.13.